The smallest absolute Gasteiger partial charge is 0.229 e. The van der Waals surface area contributed by atoms with E-state index in [9.17, 15) is 9.18 Å². The second-order valence-electron chi connectivity index (χ2n) is 3.79. The van der Waals surface area contributed by atoms with Crippen LogP contribution in [0.15, 0.2) is 16.6 Å². The summed E-state index contributed by atoms with van der Waals surface area (Å²) in [5.74, 6) is -0.774. The van der Waals surface area contributed by atoms with Crippen molar-refractivity contribution in [3.8, 4) is 0 Å². The van der Waals surface area contributed by atoms with Gasteiger partial charge in [0.05, 0.1) is 23.2 Å². The van der Waals surface area contributed by atoms with E-state index in [1.54, 1.807) is 0 Å². The number of hydrogen-bond donors (Lipinski definition) is 1. The van der Waals surface area contributed by atoms with Gasteiger partial charge in [0.15, 0.2) is 0 Å². The largest absolute Gasteiger partial charge is 0.381 e. The zero-order valence-electron chi connectivity index (χ0n) is 8.80. The van der Waals surface area contributed by atoms with E-state index in [1.807, 2.05) is 0 Å². The van der Waals surface area contributed by atoms with Gasteiger partial charge in [-0.25, -0.2) is 4.39 Å². The number of carbonyl (C=O) groups excluding carboxylic acids is 1. The highest BCUT2D eigenvalue weighted by Gasteiger charge is 2.24. The molecule has 0 saturated carbocycles. The highest BCUT2D eigenvalue weighted by Crippen LogP contribution is 2.32. The number of hydrogen-bond acceptors (Lipinski definition) is 2. The van der Waals surface area contributed by atoms with Gasteiger partial charge in [0.2, 0.25) is 5.91 Å². The normalized spacial score (nSPS) is 19.4. The third-order valence-electron chi connectivity index (χ3n) is 2.56. The Morgan fingerprint density at radius 1 is 1.59 bits per heavy atom. The second kappa shape index (κ2) is 5.33. The van der Waals surface area contributed by atoms with E-state index in [1.165, 1.54) is 6.07 Å². The first-order valence-electron chi connectivity index (χ1n) is 5.11. The molecule has 1 N–H and O–H groups in total. The van der Waals surface area contributed by atoms with E-state index >= 15 is 0 Å². The fourth-order valence-electron chi connectivity index (χ4n) is 1.63. The maximum atomic E-state index is 13.0. The molecule has 1 aromatic carbocycles. The minimum atomic E-state index is -0.455. The Morgan fingerprint density at radius 2 is 2.35 bits per heavy atom. The molecule has 6 heteroatoms. The minimum absolute atomic E-state index is 0.156. The lowest BCUT2D eigenvalue weighted by Crippen LogP contribution is -2.23. The Kier molecular flexibility index (Phi) is 4.01. The van der Waals surface area contributed by atoms with Crippen LogP contribution in [-0.4, -0.2) is 19.1 Å². The topological polar surface area (TPSA) is 38.3 Å². The number of ether oxygens (including phenoxy) is 1. The van der Waals surface area contributed by atoms with Crippen LogP contribution in [0.5, 0.6) is 0 Å². The summed E-state index contributed by atoms with van der Waals surface area (Å²) in [4.78, 5) is 11.8. The standard InChI is InChI=1S/C11H10BrClFNO2/c12-8-3-7(14)4-9(13)10(8)15-11(16)6-1-2-17-5-6/h3-4,6H,1-2,5H2,(H,15,16). The fraction of sp³-hybridized carbons (Fsp3) is 0.364. The number of carbonyl (C=O) groups is 1. The first-order valence-corrected chi connectivity index (χ1v) is 6.28. The van der Waals surface area contributed by atoms with Gasteiger partial charge in [-0.1, -0.05) is 11.6 Å². The van der Waals surface area contributed by atoms with Gasteiger partial charge in [-0.05, 0) is 34.5 Å². The molecule has 0 bridgehead atoms. The molecule has 0 spiro atoms. The van der Waals surface area contributed by atoms with Crippen molar-refractivity contribution in [1.29, 1.82) is 0 Å². The number of amides is 1. The van der Waals surface area contributed by atoms with Gasteiger partial charge in [-0.3, -0.25) is 4.79 Å². The van der Waals surface area contributed by atoms with Crippen LogP contribution in [0.25, 0.3) is 0 Å². The molecule has 1 aromatic rings. The van der Waals surface area contributed by atoms with Crippen LogP contribution in [-0.2, 0) is 9.53 Å². The molecule has 1 fully saturated rings. The maximum absolute atomic E-state index is 13.0. The number of nitrogens with one attached hydrogen (secondary N) is 1. The highest BCUT2D eigenvalue weighted by molar-refractivity contribution is 9.10. The third kappa shape index (κ3) is 2.97. The molecular weight excluding hydrogens is 312 g/mol. The van der Waals surface area contributed by atoms with Crippen molar-refractivity contribution in [3.05, 3.63) is 27.4 Å². The van der Waals surface area contributed by atoms with Gasteiger partial charge >= 0.3 is 0 Å². The molecule has 1 aliphatic rings. The van der Waals surface area contributed by atoms with Crippen LogP contribution in [0.3, 0.4) is 0 Å². The van der Waals surface area contributed by atoms with Crippen LogP contribution in [0.1, 0.15) is 6.42 Å². The van der Waals surface area contributed by atoms with Crippen molar-refractivity contribution in [3.63, 3.8) is 0 Å². The van der Waals surface area contributed by atoms with Gasteiger partial charge in [0.1, 0.15) is 5.82 Å². The number of anilines is 1. The lowest BCUT2D eigenvalue weighted by atomic mass is 10.1. The van der Waals surface area contributed by atoms with Crippen molar-refractivity contribution < 1.29 is 13.9 Å². The van der Waals surface area contributed by atoms with Crippen LogP contribution < -0.4 is 5.32 Å². The number of rotatable bonds is 2. The zero-order valence-corrected chi connectivity index (χ0v) is 11.1. The lowest BCUT2D eigenvalue weighted by molar-refractivity contribution is -0.119. The van der Waals surface area contributed by atoms with Gasteiger partial charge in [0.25, 0.3) is 0 Å². The van der Waals surface area contributed by atoms with Crippen molar-refractivity contribution in [1.82, 2.24) is 0 Å². The fourth-order valence-corrected chi connectivity index (χ4v) is 2.53. The Balaban J connectivity index is 2.15. The molecule has 1 amide bonds. The van der Waals surface area contributed by atoms with Crippen LogP contribution in [0.4, 0.5) is 10.1 Å². The average Bonchev–Trinajstić information content (AvgIpc) is 2.76. The van der Waals surface area contributed by atoms with Crippen molar-refractivity contribution in [2.45, 2.75) is 6.42 Å². The number of halogens is 3. The van der Waals surface area contributed by atoms with E-state index < -0.39 is 5.82 Å². The van der Waals surface area contributed by atoms with Crippen molar-refractivity contribution >= 4 is 39.1 Å². The summed E-state index contributed by atoms with van der Waals surface area (Å²) >= 11 is 9.03. The van der Waals surface area contributed by atoms with E-state index in [0.29, 0.717) is 29.8 Å². The molecular formula is C11H10BrClFNO2. The molecule has 1 heterocycles. The van der Waals surface area contributed by atoms with Crippen molar-refractivity contribution in [2.75, 3.05) is 18.5 Å². The molecule has 2 rings (SSSR count). The second-order valence-corrected chi connectivity index (χ2v) is 5.06. The lowest BCUT2D eigenvalue weighted by Gasteiger charge is -2.12. The monoisotopic (exact) mass is 321 g/mol. The van der Waals surface area contributed by atoms with E-state index in [0.717, 1.165) is 6.07 Å². The summed E-state index contributed by atoms with van der Waals surface area (Å²) in [5, 5.41) is 2.85. The Morgan fingerprint density at radius 3 is 2.94 bits per heavy atom. The Labute approximate surface area is 111 Å². The molecule has 0 radical (unpaired) electrons. The molecule has 1 atom stereocenters. The summed E-state index contributed by atoms with van der Waals surface area (Å²) in [6, 6.07) is 2.42. The highest BCUT2D eigenvalue weighted by atomic mass is 79.9. The van der Waals surface area contributed by atoms with Gasteiger partial charge in [-0.2, -0.15) is 0 Å². The predicted octanol–water partition coefficient (Wildman–Crippen LogP) is 3.22. The SMILES string of the molecule is O=C(Nc1c(Cl)cc(F)cc1Br)C1CCOC1. The molecule has 0 aromatic heterocycles. The van der Waals surface area contributed by atoms with E-state index in [4.69, 9.17) is 16.3 Å². The Hall–Kier alpha value is -0.650. The molecule has 3 nitrogen and oxygen atoms in total. The maximum Gasteiger partial charge on any atom is 0.229 e. The molecule has 92 valence electrons. The summed E-state index contributed by atoms with van der Waals surface area (Å²) in [5.41, 5.74) is 0.393. The predicted molar refractivity (Wildman–Crippen MR) is 66.7 cm³/mol. The summed E-state index contributed by atoms with van der Waals surface area (Å²) < 4.78 is 18.6. The van der Waals surface area contributed by atoms with Crippen LogP contribution in [0.2, 0.25) is 5.02 Å². The van der Waals surface area contributed by atoms with Crippen LogP contribution >= 0.6 is 27.5 Å². The molecule has 17 heavy (non-hydrogen) atoms. The first-order chi connectivity index (χ1) is 8.08. The summed E-state index contributed by atoms with van der Waals surface area (Å²) in [6.07, 6.45) is 0.697. The molecule has 0 aliphatic carbocycles. The first kappa shape index (κ1) is 12.8. The van der Waals surface area contributed by atoms with Gasteiger partial charge in [0, 0.05) is 11.1 Å². The number of benzene rings is 1. The molecule has 1 aliphatic heterocycles. The quantitative estimate of drug-likeness (QED) is 0.908. The van der Waals surface area contributed by atoms with Crippen molar-refractivity contribution in [2.24, 2.45) is 5.92 Å². The molecule has 1 unspecified atom stereocenters. The zero-order chi connectivity index (χ0) is 12.4. The van der Waals surface area contributed by atoms with Crippen LogP contribution in [0, 0.1) is 11.7 Å². The van der Waals surface area contributed by atoms with E-state index in [2.05, 4.69) is 21.2 Å². The summed E-state index contributed by atoms with van der Waals surface area (Å²) in [6.45, 7) is 1.01. The molecule has 1 saturated heterocycles. The van der Waals surface area contributed by atoms with E-state index in [-0.39, 0.29) is 16.8 Å². The van der Waals surface area contributed by atoms with Gasteiger partial charge in [-0.15, -0.1) is 0 Å². The minimum Gasteiger partial charge on any atom is -0.381 e. The third-order valence-corrected chi connectivity index (χ3v) is 3.48. The summed E-state index contributed by atoms with van der Waals surface area (Å²) in [7, 11) is 0. The van der Waals surface area contributed by atoms with Gasteiger partial charge < -0.3 is 10.1 Å². The average molecular weight is 323 g/mol. The Bertz CT molecular complexity index is 426.